The zero-order valence-corrected chi connectivity index (χ0v) is 12.8. The molecule has 0 aromatic heterocycles. The average molecular weight is 305 g/mol. The van der Waals surface area contributed by atoms with E-state index in [0.717, 1.165) is 30.7 Å². The van der Waals surface area contributed by atoms with Crippen LogP contribution in [0.5, 0.6) is 0 Å². The van der Waals surface area contributed by atoms with E-state index in [0.29, 0.717) is 24.7 Å². The van der Waals surface area contributed by atoms with Gasteiger partial charge < -0.3 is 5.32 Å². The number of hydrazine groups is 1. The lowest BCUT2D eigenvalue weighted by Crippen LogP contribution is -2.51. The number of rotatable bonds is 3. The molecule has 0 aromatic rings. The van der Waals surface area contributed by atoms with Gasteiger partial charge >= 0.3 is 6.03 Å². The minimum absolute atomic E-state index is 0.00574. The van der Waals surface area contributed by atoms with Crippen LogP contribution in [0.15, 0.2) is 0 Å². The molecule has 0 aromatic carbocycles. The minimum Gasteiger partial charge on any atom is -0.322 e. The Kier molecular flexibility index (Phi) is 3.16. The van der Waals surface area contributed by atoms with E-state index in [-0.39, 0.29) is 17.7 Å². The predicted octanol–water partition coefficient (Wildman–Crippen LogP) is 1.71. The Labute approximate surface area is 130 Å². The second-order valence-corrected chi connectivity index (χ2v) is 7.39. The maximum absolute atomic E-state index is 12.6. The number of hydrogen-bond donors (Lipinski definition) is 2. The van der Waals surface area contributed by atoms with E-state index in [1.165, 1.54) is 19.3 Å². The summed E-state index contributed by atoms with van der Waals surface area (Å²) < 4.78 is 0. The van der Waals surface area contributed by atoms with Crippen molar-refractivity contribution in [3.63, 3.8) is 0 Å². The van der Waals surface area contributed by atoms with Gasteiger partial charge in [0, 0.05) is 5.92 Å². The van der Waals surface area contributed by atoms with Crippen LogP contribution >= 0.6 is 0 Å². The number of urea groups is 1. The lowest BCUT2D eigenvalue weighted by atomic mass is 9.81. The highest BCUT2D eigenvalue weighted by atomic mass is 16.2. The van der Waals surface area contributed by atoms with Gasteiger partial charge in [-0.25, -0.2) is 4.79 Å². The Bertz CT molecular complexity index is 523. The van der Waals surface area contributed by atoms with Crippen LogP contribution < -0.4 is 10.7 Å². The third-order valence-electron chi connectivity index (χ3n) is 6.02. The normalized spacial score (nSPS) is 33.5. The van der Waals surface area contributed by atoms with Gasteiger partial charge in [0.05, 0.1) is 0 Å². The lowest BCUT2D eigenvalue weighted by Gasteiger charge is -2.30. The van der Waals surface area contributed by atoms with Crippen LogP contribution in [0.3, 0.4) is 0 Å². The molecule has 120 valence electrons. The van der Waals surface area contributed by atoms with E-state index in [9.17, 15) is 14.4 Å². The number of amides is 4. The van der Waals surface area contributed by atoms with Gasteiger partial charge in [0.1, 0.15) is 5.54 Å². The Morgan fingerprint density at radius 3 is 2.50 bits per heavy atom. The summed E-state index contributed by atoms with van der Waals surface area (Å²) in [5.41, 5.74) is 1.81. The second-order valence-electron chi connectivity index (χ2n) is 7.39. The van der Waals surface area contributed by atoms with E-state index in [2.05, 4.69) is 10.7 Å². The molecule has 3 aliphatic carbocycles. The molecule has 4 fully saturated rings. The molecule has 0 radical (unpaired) electrons. The number of nitrogens with one attached hydrogen (secondary N) is 2. The molecule has 1 aliphatic heterocycles. The van der Waals surface area contributed by atoms with Crippen molar-refractivity contribution < 1.29 is 14.4 Å². The van der Waals surface area contributed by atoms with Crippen molar-refractivity contribution in [2.75, 3.05) is 0 Å². The zero-order chi connectivity index (χ0) is 15.3. The summed E-state index contributed by atoms with van der Waals surface area (Å²) in [4.78, 5) is 37.0. The molecule has 22 heavy (non-hydrogen) atoms. The first-order chi connectivity index (χ1) is 10.6. The van der Waals surface area contributed by atoms with Crippen molar-refractivity contribution in [3.8, 4) is 0 Å². The molecular formula is C16H23N3O3. The molecule has 0 bridgehead atoms. The summed E-state index contributed by atoms with van der Waals surface area (Å²) >= 11 is 0. The first-order valence-corrected chi connectivity index (χ1v) is 8.58. The van der Waals surface area contributed by atoms with Crippen molar-refractivity contribution in [2.24, 2.45) is 17.8 Å². The molecule has 4 rings (SSSR count). The molecule has 1 saturated heterocycles. The summed E-state index contributed by atoms with van der Waals surface area (Å²) in [6, 6.07) is -0.471. The molecule has 1 spiro atoms. The summed E-state index contributed by atoms with van der Waals surface area (Å²) in [7, 11) is 0. The second kappa shape index (κ2) is 4.96. The van der Waals surface area contributed by atoms with Crippen LogP contribution in [0.25, 0.3) is 0 Å². The van der Waals surface area contributed by atoms with Crippen molar-refractivity contribution in [1.29, 1.82) is 0 Å². The molecule has 0 unspecified atom stereocenters. The lowest BCUT2D eigenvalue weighted by molar-refractivity contribution is -0.140. The number of carbonyl (C=O) groups is 3. The van der Waals surface area contributed by atoms with Crippen LogP contribution in [0.4, 0.5) is 4.79 Å². The third-order valence-corrected chi connectivity index (χ3v) is 6.02. The first kappa shape index (κ1) is 14.0. The smallest absolute Gasteiger partial charge is 0.322 e. The summed E-state index contributed by atoms with van der Waals surface area (Å²) in [6.45, 7) is 0. The Morgan fingerprint density at radius 2 is 1.86 bits per heavy atom. The topological polar surface area (TPSA) is 78.5 Å². The van der Waals surface area contributed by atoms with Crippen LogP contribution in [-0.2, 0) is 9.59 Å². The predicted molar refractivity (Wildman–Crippen MR) is 78.3 cm³/mol. The summed E-state index contributed by atoms with van der Waals surface area (Å²) in [6.07, 6.45) is 8.97. The van der Waals surface area contributed by atoms with Gasteiger partial charge in [-0.1, -0.05) is 38.5 Å². The Hall–Kier alpha value is -1.59. The maximum Gasteiger partial charge on any atom is 0.344 e. The molecule has 3 saturated carbocycles. The third kappa shape index (κ3) is 2.11. The molecule has 1 heterocycles. The highest BCUT2D eigenvalue weighted by molar-refractivity contribution is 6.08. The van der Waals surface area contributed by atoms with Gasteiger partial charge in [0.2, 0.25) is 5.91 Å². The van der Waals surface area contributed by atoms with Crippen molar-refractivity contribution in [1.82, 2.24) is 15.8 Å². The Balaban J connectivity index is 1.39. The van der Waals surface area contributed by atoms with Gasteiger partial charge in [-0.05, 0) is 31.1 Å². The molecular weight excluding hydrogens is 282 g/mol. The molecule has 4 amide bonds. The van der Waals surface area contributed by atoms with Crippen molar-refractivity contribution in [3.05, 3.63) is 0 Å². The van der Waals surface area contributed by atoms with Gasteiger partial charge in [-0.15, -0.1) is 0 Å². The molecule has 6 nitrogen and oxygen atoms in total. The monoisotopic (exact) mass is 305 g/mol. The largest absolute Gasteiger partial charge is 0.344 e. The van der Waals surface area contributed by atoms with Crippen LogP contribution in [0.1, 0.15) is 57.8 Å². The molecule has 4 aliphatic rings. The Morgan fingerprint density at radius 1 is 1.14 bits per heavy atom. The summed E-state index contributed by atoms with van der Waals surface area (Å²) in [5.74, 6) is 0.718. The van der Waals surface area contributed by atoms with Crippen LogP contribution in [-0.4, -0.2) is 28.4 Å². The van der Waals surface area contributed by atoms with E-state index in [1.807, 2.05) is 0 Å². The van der Waals surface area contributed by atoms with E-state index in [4.69, 9.17) is 0 Å². The molecule has 6 heteroatoms. The van der Waals surface area contributed by atoms with E-state index in [1.54, 1.807) is 0 Å². The SMILES string of the molecule is O=C(NN1C(=O)NC2(CCCCC2)C1=O)[C@@H]1C[C@@H]1C1CCC1. The number of nitrogens with zero attached hydrogens (tertiary/aromatic N) is 1. The van der Waals surface area contributed by atoms with Gasteiger partial charge in [0.25, 0.3) is 5.91 Å². The fourth-order valence-electron chi connectivity index (χ4n) is 4.31. The van der Waals surface area contributed by atoms with Gasteiger partial charge in [-0.3, -0.25) is 15.0 Å². The number of hydrogen-bond acceptors (Lipinski definition) is 3. The number of imide groups is 1. The standard InChI is InChI=1S/C16H23N3O3/c20-13(12-9-11(12)10-5-4-6-10)18-19-14(21)16(17-15(19)22)7-2-1-3-8-16/h10-12H,1-9H2,(H,17,22)(H,18,20)/t11-,12-/m1/s1. The van der Waals surface area contributed by atoms with E-state index >= 15 is 0 Å². The maximum atomic E-state index is 12.6. The highest BCUT2D eigenvalue weighted by Gasteiger charge is 2.54. The first-order valence-electron chi connectivity index (χ1n) is 8.58. The van der Waals surface area contributed by atoms with Crippen LogP contribution in [0.2, 0.25) is 0 Å². The molecule has 2 atom stereocenters. The zero-order valence-electron chi connectivity index (χ0n) is 12.8. The van der Waals surface area contributed by atoms with Crippen LogP contribution in [0, 0.1) is 17.8 Å². The average Bonchev–Trinajstić information content (AvgIpc) is 3.18. The van der Waals surface area contributed by atoms with Gasteiger partial charge in [0.15, 0.2) is 0 Å². The quantitative estimate of drug-likeness (QED) is 0.779. The van der Waals surface area contributed by atoms with Crippen molar-refractivity contribution >= 4 is 17.8 Å². The summed E-state index contributed by atoms with van der Waals surface area (Å²) in [5, 5.41) is 3.75. The fourth-order valence-corrected chi connectivity index (χ4v) is 4.31. The highest BCUT2D eigenvalue weighted by Crippen LogP contribution is 2.51. The number of carbonyl (C=O) groups excluding carboxylic acids is 3. The van der Waals surface area contributed by atoms with E-state index < -0.39 is 11.6 Å². The minimum atomic E-state index is -0.764. The molecule has 2 N–H and O–H groups in total. The fraction of sp³-hybridized carbons (Fsp3) is 0.812. The van der Waals surface area contributed by atoms with Crippen molar-refractivity contribution in [2.45, 2.75) is 63.3 Å². The van der Waals surface area contributed by atoms with Gasteiger partial charge in [-0.2, -0.15) is 5.01 Å².